The molecule has 0 unspecified atom stereocenters. The number of amides is 1. The van der Waals surface area contributed by atoms with Crippen LogP contribution in [0.5, 0.6) is 5.75 Å². The van der Waals surface area contributed by atoms with Gasteiger partial charge in [0, 0.05) is 11.1 Å². The zero-order chi connectivity index (χ0) is 20.7. The summed E-state index contributed by atoms with van der Waals surface area (Å²) in [4.78, 5) is 11.8. The fourth-order valence-corrected chi connectivity index (χ4v) is 3.45. The Hall–Kier alpha value is -2.25. The number of carbonyl (C=O) groups is 1. The SMILES string of the molecule is CC[C@H](C)NC(=O)COc1ccc(N(Cc2ccc(Cl)cc2)S(C)(=O)=O)cc1. The maximum absolute atomic E-state index is 12.2. The third-order valence-electron chi connectivity index (χ3n) is 4.15. The van der Waals surface area contributed by atoms with Gasteiger partial charge in [-0.25, -0.2) is 8.42 Å². The van der Waals surface area contributed by atoms with Crippen molar-refractivity contribution < 1.29 is 17.9 Å². The molecule has 0 aromatic heterocycles. The predicted octanol–water partition coefficient (Wildman–Crippen LogP) is 3.60. The molecule has 8 heteroatoms. The summed E-state index contributed by atoms with van der Waals surface area (Å²) >= 11 is 5.89. The van der Waals surface area contributed by atoms with Crippen LogP contribution in [0.3, 0.4) is 0 Å². The van der Waals surface area contributed by atoms with E-state index in [1.165, 1.54) is 4.31 Å². The van der Waals surface area contributed by atoms with Crippen LogP contribution in [0.1, 0.15) is 25.8 Å². The van der Waals surface area contributed by atoms with Gasteiger partial charge in [0.05, 0.1) is 18.5 Å². The Morgan fingerprint density at radius 2 is 1.75 bits per heavy atom. The first-order valence-electron chi connectivity index (χ1n) is 8.93. The Bertz CT molecular complexity index is 883. The van der Waals surface area contributed by atoms with Crippen LogP contribution in [-0.4, -0.2) is 33.2 Å². The van der Waals surface area contributed by atoms with E-state index in [4.69, 9.17) is 16.3 Å². The number of nitrogens with zero attached hydrogens (tertiary/aromatic N) is 1. The molecule has 1 N–H and O–H groups in total. The first-order chi connectivity index (χ1) is 13.2. The lowest BCUT2D eigenvalue weighted by Crippen LogP contribution is -2.35. The van der Waals surface area contributed by atoms with E-state index in [9.17, 15) is 13.2 Å². The highest BCUT2D eigenvalue weighted by Crippen LogP contribution is 2.24. The molecule has 1 amide bonds. The number of sulfonamides is 1. The fraction of sp³-hybridized carbons (Fsp3) is 0.350. The Balaban J connectivity index is 2.07. The van der Waals surface area contributed by atoms with Crippen LogP contribution in [-0.2, 0) is 21.4 Å². The van der Waals surface area contributed by atoms with E-state index in [1.54, 1.807) is 48.5 Å². The van der Waals surface area contributed by atoms with Crippen LogP contribution in [0.25, 0.3) is 0 Å². The van der Waals surface area contributed by atoms with E-state index < -0.39 is 10.0 Å². The molecular formula is C20H25ClN2O4S. The zero-order valence-corrected chi connectivity index (χ0v) is 17.8. The number of nitrogens with one attached hydrogen (secondary N) is 1. The van der Waals surface area contributed by atoms with Crippen molar-refractivity contribution >= 4 is 33.2 Å². The van der Waals surface area contributed by atoms with E-state index in [0.29, 0.717) is 16.5 Å². The molecule has 28 heavy (non-hydrogen) atoms. The summed E-state index contributed by atoms with van der Waals surface area (Å²) in [6, 6.07) is 13.7. The smallest absolute Gasteiger partial charge is 0.258 e. The predicted molar refractivity (Wildman–Crippen MR) is 112 cm³/mol. The van der Waals surface area contributed by atoms with Gasteiger partial charge in [-0.05, 0) is 55.3 Å². The summed E-state index contributed by atoms with van der Waals surface area (Å²) in [5.74, 6) is 0.293. The summed E-state index contributed by atoms with van der Waals surface area (Å²) < 4.78 is 31.3. The third-order valence-corrected chi connectivity index (χ3v) is 5.55. The quantitative estimate of drug-likeness (QED) is 0.667. The normalized spacial score (nSPS) is 12.3. The van der Waals surface area contributed by atoms with Crippen LogP contribution in [0.2, 0.25) is 5.02 Å². The van der Waals surface area contributed by atoms with Gasteiger partial charge in [0.15, 0.2) is 6.61 Å². The maximum atomic E-state index is 12.2. The van der Waals surface area contributed by atoms with E-state index in [0.717, 1.165) is 18.2 Å². The highest BCUT2D eigenvalue weighted by atomic mass is 35.5. The van der Waals surface area contributed by atoms with E-state index in [-0.39, 0.29) is 25.1 Å². The molecule has 0 aliphatic heterocycles. The number of rotatable bonds is 9. The van der Waals surface area contributed by atoms with Gasteiger partial charge in [-0.15, -0.1) is 0 Å². The highest BCUT2D eigenvalue weighted by molar-refractivity contribution is 7.92. The van der Waals surface area contributed by atoms with Gasteiger partial charge in [-0.2, -0.15) is 0 Å². The van der Waals surface area contributed by atoms with E-state index in [2.05, 4.69) is 5.32 Å². The van der Waals surface area contributed by atoms with Gasteiger partial charge in [-0.3, -0.25) is 9.10 Å². The van der Waals surface area contributed by atoms with Crippen LogP contribution >= 0.6 is 11.6 Å². The number of ether oxygens (including phenoxy) is 1. The maximum Gasteiger partial charge on any atom is 0.258 e. The van der Waals surface area contributed by atoms with Gasteiger partial charge < -0.3 is 10.1 Å². The Morgan fingerprint density at radius 1 is 1.14 bits per heavy atom. The van der Waals surface area contributed by atoms with Crippen LogP contribution in [0, 0.1) is 0 Å². The summed E-state index contributed by atoms with van der Waals surface area (Å²) in [6.07, 6.45) is 2.00. The van der Waals surface area contributed by atoms with Crippen molar-refractivity contribution in [2.24, 2.45) is 0 Å². The topological polar surface area (TPSA) is 75.7 Å². The standard InChI is InChI=1S/C20H25ClN2O4S/c1-4-15(2)22-20(24)14-27-19-11-9-18(10-12-19)23(28(3,25)26)13-16-5-7-17(21)8-6-16/h5-12,15H,4,13-14H2,1-3H3,(H,22,24)/t15-/m0/s1. The number of hydrogen-bond acceptors (Lipinski definition) is 4. The van der Waals surface area contributed by atoms with Gasteiger partial charge in [0.2, 0.25) is 10.0 Å². The number of carbonyl (C=O) groups excluding carboxylic acids is 1. The van der Waals surface area contributed by atoms with Crippen molar-refractivity contribution in [3.8, 4) is 5.75 Å². The minimum absolute atomic E-state index is 0.0923. The second-order valence-electron chi connectivity index (χ2n) is 6.56. The molecule has 2 aromatic rings. The van der Waals surface area contributed by atoms with Crippen molar-refractivity contribution in [3.63, 3.8) is 0 Å². The largest absolute Gasteiger partial charge is 0.484 e. The van der Waals surface area contributed by atoms with Crippen molar-refractivity contribution in [3.05, 3.63) is 59.1 Å². The Morgan fingerprint density at radius 3 is 2.29 bits per heavy atom. The molecule has 0 spiro atoms. The molecule has 152 valence electrons. The Kier molecular flexibility index (Phi) is 7.71. The van der Waals surface area contributed by atoms with Crippen LogP contribution < -0.4 is 14.4 Å². The van der Waals surface area contributed by atoms with Crippen LogP contribution in [0.15, 0.2) is 48.5 Å². The lowest BCUT2D eigenvalue weighted by atomic mass is 10.2. The Labute approximate surface area is 171 Å². The van der Waals surface area contributed by atoms with Crippen molar-refractivity contribution in [1.82, 2.24) is 5.32 Å². The number of benzene rings is 2. The molecule has 0 aliphatic rings. The minimum Gasteiger partial charge on any atom is -0.484 e. The molecule has 2 aromatic carbocycles. The lowest BCUT2D eigenvalue weighted by Gasteiger charge is -2.23. The van der Waals surface area contributed by atoms with Crippen molar-refractivity contribution in [2.75, 3.05) is 17.2 Å². The summed E-state index contributed by atoms with van der Waals surface area (Å²) in [7, 11) is -3.49. The molecule has 0 bridgehead atoms. The molecule has 0 fully saturated rings. The third kappa shape index (κ3) is 6.73. The number of hydrogen-bond donors (Lipinski definition) is 1. The van der Waals surface area contributed by atoms with Crippen molar-refractivity contribution in [2.45, 2.75) is 32.9 Å². The molecular weight excluding hydrogens is 400 g/mol. The molecule has 6 nitrogen and oxygen atoms in total. The molecule has 0 aliphatic carbocycles. The van der Waals surface area contributed by atoms with Crippen LogP contribution in [0.4, 0.5) is 5.69 Å². The summed E-state index contributed by atoms with van der Waals surface area (Å²) in [6.45, 7) is 4.01. The lowest BCUT2D eigenvalue weighted by molar-refractivity contribution is -0.123. The monoisotopic (exact) mass is 424 g/mol. The molecule has 0 heterocycles. The number of halogens is 1. The molecule has 0 saturated heterocycles. The molecule has 1 atom stereocenters. The number of anilines is 1. The van der Waals surface area contributed by atoms with Gasteiger partial charge >= 0.3 is 0 Å². The molecule has 2 rings (SSSR count). The average Bonchev–Trinajstić information content (AvgIpc) is 2.65. The second-order valence-corrected chi connectivity index (χ2v) is 8.90. The average molecular weight is 425 g/mol. The summed E-state index contributed by atoms with van der Waals surface area (Å²) in [5, 5.41) is 3.41. The molecule has 0 radical (unpaired) electrons. The highest BCUT2D eigenvalue weighted by Gasteiger charge is 2.18. The first kappa shape index (κ1) is 22.0. The van der Waals surface area contributed by atoms with Gasteiger partial charge in [0.25, 0.3) is 5.91 Å². The first-order valence-corrected chi connectivity index (χ1v) is 11.2. The van der Waals surface area contributed by atoms with Gasteiger partial charge in [0.1, 0.15) is 5.75 Å². The zero-order valence-electron chi connectivity index (χ0n) is 16.2. The molecule has 0 saturated carbocycles. The van der Waals surface area contributed by atoms with Crippen molar-refractivity contribution in [1.29, 1.82) is 0 Å². The van der Waals surface area contributed by atoms with E-state index >= 15 is 0 Å². The van der Waals surface area contributed by atoms with E-state index in [1.807, 2.05) is 13.8 Å². The van der Waals surface area contributed by atoms with Gasteiger partial charge in [-0.1, -0.05) is 30.7 Å². The minimum atomic E-state index is -3.49. The fourth-order valence-electron chi connectivity index (χ4n) is 2.43. The second kappa shape index (κ2) is 9.80. The summed E-state index contributed by atoms with van der Waals surface area (Å²) in [5.41, 5.74) is 1.32.